The van der Waals surface area contributed by atoms with Crippen LogP contribution in [-0.4, -0.2) is 59.1 Å². The van der Waals surface area contributed by atoms with Crippen LogP contribution in [0.15, 0.2) is 24.4 Å². The van der Waals surface area contributed by atoms with Crippen molar-refractivity contribution < 1.29 is 18.0 Å². The SMILES string of the molecule is CC1CN(C(=O)c2ccccn2)CC(C(F)(F)F)N1C. The smallest absolute Gasteiger partial charge is 0.334 e. The highest BCUT2D eigenvalue weighted by atomic mass is 19.4. The molecule has 1 aliphatic rings. The lowest BCUT2D eigenvalue weighted by molar-refractivity contribution is -0.197. The van der Waals surface area contributed by atoms with Crippen LogP contribution in [0, 0.1) is 0 Å². The van der Waals surface area contributed by atoms with E-state index in [0.717, 1.165) is 0 Å². The molecule has 7 heteroatoms. The van der Waals surface area contributed by atoms with E-state index in [1.54, 1.807) is 19.1 Å². The van der Waals surface area contributed by atoms with Gasteiger partial charge in [0.2, 0.25) is 0 Å². The Morgan fingerprint density at radius 2 is 2.05 bits per heavy atom. The van der Waals surface area contributed by atoms with Crippen molar-refractivity contribution in [1.29, 1.82) is 0 Å². The highest BCUT2D eigenvalue weighted by Crippen LogP contribution is 2.29. The lowest BCUT2D eigenvalue weighted by Crippen LogP contribution is -2.62. The molecule has 0 aromatic carbocycles. The third kappa shape index (κ3) is 2.92. The Labute approximate surface area is 115 Å². The molecule has 1 aromatic heterocycles. The van der Waals surface area contributed by atoms with Crippen molar-refractivity contribution in [2.24, 2.45) is 0 Å². The summed E-state index contributed by atoms with van der Waals surface area (Å²) in [6.07, 6.45) is -2.90. The average molecular weight is 287 g/mol. The maximum atomic E-state index is 13.0. The number of amides is 1. The van der Waals surface area contributed by atoms with Crippen LogP contribution in [0.25, 0.3) is 0 Å². The first-order valence-electron chi connectivity index (χ1n) is 6.29. The van der Waals surface area contributed by atoms with E-state index in [1.807, 2.05) is 0 Å². The van der Waals surface area contributed by atoms with E-state index in [9.17, 15) is 18.0 Å². The molecule has 1 aliphatic heterocycles. The van der Waals surface area contributed by atoms with Crippen molar-refractivity contribution in [1.82, 2.24) is 14.8 Å². The Balaban J connectivity index is 2.19. The molecular formula is C13H16F3N3O. The molecule has 0 N–H and O–H groups in total. The topological polar surface area (TPSA) is 36.4 Å². The van der Waals surface area contributed by atoms with Gasteiger partial charge in [-0.2, -0.15) is 13.2 Å². The number of aromatic nitrogens is 1. The molecular weight excluding hydrogens is 271 g/mol. The summed E-state index contributed by atoms with van der Waals surface area (Å²) in [5.41, 5.74) is 0.171. The van der Waals surface area contributed by atoms with Gasteiger partial charge in [-0.1, -0.05) is 6.07 Å². The Kier molecular flexibility index (Phi) is 3.99. The molecule has 2 heterocycles. The summed E-state index contributed by atoms with van der Waals surface area (Å²) >= 11 is 0. The fraction of sp³-hybridized carbons (Fsp3) is 0.538. The summed E-state index contributed by atoms with van der Waals surface area (Å²) in [6.45, 7) is 1.58. The van der Waals surface area contributed by atoms with Crippen molar-refractivity contribution in [2.75, 3.05) is 20.1 Å². The molecule has 110 valence electrons. The lowest BCUT2D eigenvalue weighted by Gasteiger charge is -2.44. The van der Waals surface area contributed by atoms with Gasteiger partial charge < -0.3 is 4.90 Å². The predicted molar refractivity (Wildman–Crippen MR) is 67.2 cm³/mol. The van der Waals surface area contributed by atoms with Crippen LogP contribution in [-0.2, 0) is 0 Å². The highest BCUT2D eigenvalue weighted by molar-refractivity contribution is 5.92. The number of likely N-dealkylation sites (N-methyl/N-ethyl adjacent to an activating group) is 1. The predicted octanol–water partition coefficient (Wildman–Crippen LogP) is 1.79. The van der Waals surface area contributed by atoms with Crippen LogP contribution in [0.1, 0.15) is 17.4 Å². The Morgan fingerprint density at radius 3 is 2.60 bits per heavy atom. The molecule has 4 nitrogen and oxygen atoms in total. The number of piperazine rings is 1. The molecule has 0 aliphatic carbocycles. The second kappa shape index (κ2) is 5.40. The Bertz CT molecular complexity index is 477. The van der Waals surface area contributed by atoms with Gasteiger partial charge >= 0.3 is 6.18 Å². The largest absolute Gasteiger partial charge is 0.405 e. The van der Waals surface area contributed by atoms with Gasteiger partial charge in [0.25, 0.3) is 5.91 Å². The van der Waals surface area contributed by atoms with Crippen molar-refractivity contribution in [3.63, 3.8) is 0 Å². The minimum absolute atomic E-state index is 0.171. The number of nitrogens with zero attached hydrogens (tertiary/aromatic N) is 3. The van der Waals surface area contributed by atoms with Crippen molar-refractivity contribution in [3.05, 3.63) is 30.1 Å². The third-order valence-electron chi connectivity index (χ3n) is 3.61. The molecule has 0 bridgehead atoms. The summed E-state index contributed by atoms with van der Waals surface area (Å²) in [6, 6.07) is 2.80. The van der Waals surface area contributed by atoms with Crippen LogP contribution < -0.4 is 0 Å². The van der Waals surface area contributed by atoms with Crippen LogP contribution in [0.2, 0.25) is 0 Å². The molecule has 2 unspecified atom stereocenters. The first kappa shape index (κ1) is 14.8. The molecule has 1 fully saturated rings. The molecule has 0 saturated carbocycles. The minimum Gasteiger partial charge on any atom is -0.334 e. The summed E-state index contributed by atoms with van der Waals surface area (Å²) < 4.78 is 39.0. The third-order valence-corrected chi connectivity index (χ3v) is 3.61. The number of hydrogen-bond acceptors (Lipinski definition) is 3. The maximum absolute atomic E-state index is 13.0. The fourth-order valence-corrected chi connectivity index (χ4v) is 2.32. The number of halogens is 3. The molecule has 20 heavy (non-hydrogen) atoms. The average Bonchev–Trinajstić information content (AvgIpc) is 2.40. The van der Waals surface area contributed by atoms with Crippen LogP contribution in [0.3, 0.4) is 0 Å². The quantitative estimate of drug-likeness (QED) is 0.790. The van der Waals surface area contributed by atoms with Gasteiger partial charge in [0.05, 0.1) is 0 Å². The van der Waals surface area contributed by atoms with Gasteiger partial charge in [-0.3, -0.25) is 14.7 Å². The summed E-state index contributed by atoms with van der Waals surface area (Å²) in [5.74, 6) is -0.459. The second-order valence-corrected chi connectivity index (χ2v) is 5.00. The fourth-order valence-electron chi connectivity index (χ4n) is 2.32. The van der Waals surface area contributed by atoms with Crippen molar-refractivity contribution in [2.45, 2.75) is 25.2 Å². The number of alkyl halides is 3. The van der Waals surface area contributed by atoms with Gasteiger partial charge in [0.15, 0.2) is 0 Å². The minimum atomic E-state index is -4.36. The molecule has 1 aromatic rings. The second-order valence-electron chi connectivity index (χ2n) is 5.00. The Hall–Kier alpha value is -1.63. The zero-order chi connectivity index (χ0) is 14.9. The van der Waals surface area contributed by atoms with Gasteiger partial charge in [-0.05, 0) is 26.1 Å². The molecule has 1 amide bonds. The van der Waals surface area contributed by atoms with E-state index in [4.69, 9.17) is 0 Å². The normalized spacial score (nSPS) is 24.8. The number of pyridine rings is 1. The van der Waals surface area contributed by atoms with E-state index < -0.39 is 18.1 Å². The van der Waals surface area contributed by atoms with Crippen molar-refractivity contribution in [3.8, 4) is 0 Å². The zero-order valence-electron chi connectivity index (χ0n) is 11.3. The van der Waals surface area contributed by atoms with E-state index in [0.29, 0.717) is 0 Å². The monoisotopic (exact) mass is 287 g/mol. The molecule has 2 rings (SSSR count). The van der Waals surface area contributed by atoms with Gasteiger partial charge in [0.1, 0.15) is 11.7 Å². The van der Waals surface area contributed by atoms with Crippen molar-refractivity contribution >= 4 is 5.91 Å². The summed E-state index contributed by atoms with van der Waals surface area (Å²) in [7, 11) is 1.44. The molecule has 2 atom stereocenters. The van der Waals surface area contributed by atoms with E-state index in [-0.39, 0.29) is 24.8 Å². The first-order valence-corrected chi connectivity index (χ1v) is 6.29. The molecule has 1 saturated heterocycles. The molecule has 0 radical (unpaired) electrons. The van der Waals surface area contributed by atoms with E-state index in [1.165, 1.54) is 29.1 Å². The standard InChI is InChI=1S/C13H16F3N3O/c1-9-7-19(8-11(18(9)2)13(14,15)16)12(20)10-5-3-4-6-17-10/h3-6,9,11H,7-8H2,1-2H3. The Morgan fingerprint density at radius 1 is 1.35 bits per heavy atom. The highest BCUT2D eigenvalue weighted by Gasteiger charge is 2.48. The van der Waals surface area contributed by atoms with E-state index >= 15 is 0 Å². The lowest BCUT2D eigenvalue weighted by atomic mass is 10.1. The van der Waals surface area contributed by atoms with Crippen LogP contribution >= 0.6 is 0 Å². The number of hydrogen-bond donors (Lipinski definition) is 0. The number of rotatable bonds is 1. The number of carbonyl (C=O) groups excluding carboxylic acids is 1. The van der Waals surface area contributed by atoms with E-state index in [2.05, 4.69) is 4.98 Å². The van der Waals surface area contributed by atoms with Crippen LogP contribution in [0.4, 0.5) is 13.2 Å². The van der Waals surface area contributed by atoms with Gasteiger partial charge in [-0.25, -0.2) is 0 Å². The number of carbonyl (C=O) groups is 1. The first-order chi connectivity index (χ1) is 9.30. The summed E-state index contributed by atoms with van der Waals surface area (Å²) in [4.78, 5) is 18.6. The van der Waals surface area contributed by atoms with Gasteiger partial charge in [0, 0.05) is 25.3 Å². The van der Waals surface area contributed by atoms with Crippen LogP contribution in [0.5, 0.6) is 0 Å². The maximum Gasteiger partial charge on any atom is 0.405 e. The zero-order valence-corrected chi connectivity index (χ0v) is 11.3. The van der Waals surface area contributed by atoms with Gasteiger partial charge in [-0.15, -0.1) is 0 Å². The summed E-state index contributed by atoms with van der Waals surface area (Å²) in [5, 5.41) is 0. The molecule has 0 spiro atoms.